The van der Waals surface area contributed by atoms with Crippen molar-refractivity contribution in [2.24, 2.45) is 0 Å². The van der Waals surface area contributed by atoms with Gasteiger partial charge in [0.2, 0.25) is 0 Å². The van der Waals surface area contributed by atoms with Gasteiger partial charge in [-0.05, 0) is 50.4 Å². The molecule has 140 valence electrons. The number of nitrogens with zero attached hydrogens (tertiary/aromatic N) is 3. The summed E-state index contributed by atoms with van der Waals surface area (Å²) in [5.41, 5.74) is 4.84. The first kappa shape index (κ1) is 16.7. The summed E-state index contributed by atoms with van der Waals surface area (Å²) in [6.45, 7) is 4.39. The zero-order chi connectivity index (χ0) is 18.6. The van der Waals surface area contributed by atoms with Gasteiger partial charge in [-0.25, -0.2) is 9.50 Å². The highest BCUT2D eigenvalue weighted by atomic mass is 16.3. The van der Waals surface area contributed by atoms with Gasteiger partial charge in [-0.15, -0.1) is 0 Å². The molecule has 1 saturated heterocycles. The quantitative estimate of drug-likeness (QED) is 0.727. The third kappa shape index (κ3) is 2.63. The zero-order valence-electron chi connectivity index (χ0n) is 15.5. The van der Waals surface area contributed by atoms with Gasteiger partial charge >= 0.3 is 0 Å². The molecule has 1 atom stereocenters. The summed E-state index contributed by atoms with van der Waals surface area (Å²) in [4.78, 5) is 19.3. The first-order chi connectivity index (χ1) is 13.0. The van der Waals surface area contributed by atoms with Crippen LogP contribution in [0.25, 0.3) is 5.65 Å². The third-order valence-corrected chi connectivity index (χ3v) is 6.37. The molecule has 3 heterocycles. The molecule has 27 heavy (non-hydrogen) atoms. The second-order valence-corrected chi connectivity index (χ2v) is 8.03. The van der Waals surface area contributed by atoms with Crippen LogP contribution in [0.4, 0.5) is 0 Å². The van der Waals surface area contributed by atoms with Crippen molar-refractivity contribution in [3.8, 4) is 0 Å². The number of hydrogen-bond donors (Lipinski definition) is 2. The Morgan fingerprint density at radius 2 is 2.04 bits per heavy atom. The number of likely N-dealkylation sites (tertiary alicyclic amines) is 1. The van der Waals surface area contributed by atoms with Crippen LogP contribution in [-0.4, -0.2) is 43.8 Å². The Morgan fingerprint density at radius 1 is 1.26 bits per heavy atom. The lowest BCUT2D eigenvalue weighted by atomic mass is 9.72. The molecule has 1 aromatic carbocycles. The Hall–Kier alpha value is -2.44. The maximum absolute atomic E-state index is 12.3. The van der Waals surface area contributed by atoms with E-state index in [0.717, 1.165) is 43.7 Å². The minimum absolute atomic E-state index is 0.0725. The second-order valence-electron chi connectivity index (χ2n) is 8.03. The smallest absolute Gasteiger partial charge is 0.272 e. The van der Waals surface area contributed by atoms with E-state index in [4.69, 9.17) is 0 Å². The highest BCUT2D eigenvalue weighted by molar-refractivity contribution is 5.42. The average molecular weight is 364 g/mol. The molecule has 1 fully saturated rings. The molecule has 0 saturated carbocycles. The first-order valence-electron chi connectivity index (χ1n) is 9.62. The summed E-state index contributed by atoms with van der Waals surface area (Å²) in [5.74, 6) is 0. The summed E-state index contributed by atoms with van der Waals surface area (Å²) < 4.78 is 1.48. The Labute approximate surface area is 157 Å². The van der Waals surface area contributed by atoms with E-state index in [1.807, 2.05) is 13.0 Å². The van der Waals surface area contributed by atoms with Crippen LogP contribution in [0.1, 0.15) is 35.4 Å². The number of piperidine rings is 1. The summed E-state index contributed by atoms with van der Waals surface area (Å²) >= 11 is 0. The highest BCUT2D eigenvalue weighted by Gasteiger charge is 2.47. The molecule has 0 radical (unpaired) electrons. The maximum atomic E-state index is 12.3. The molecule has 1 spiro atoms. The maximum Gasteiger partial charge on any atom is 0.272 e. The predicted molar refractivity (Wildman–Crippen MR) is 103 cm³/mol. The van der Waals surface area contributed by atoms with E-state index in [-0.39, 0.29) is 17.1 Å². The van der Waals surface area contributed by atoms with Gasteiger partial charge in [-0.3, -0.25) is 14.8 Å². The van der Waals surface area contributed by atoms with E-state index in [2.05, 4.69) is 39.2 Å². The van der Waals surface area contributed by atoms with E-state index < -0.39 is 0 Å². The molecule has 3 aromatic rings. The van der Waals surface area contributed by atoms with E-state index >= 15 is 0 Å². The largest absolute Gasteiger partial charge is 0.392 e. The van der Waals surface area contributed by atoms with Crippen LogP contribution in [0.3, 0.4) is 0 Å². The number of aliphatic hydroxyl groups is 1. The number of aryl methyl sites for hydroxylation is 1. The molecule has 2 aromatic heterocycles. The fourth-order valence-corrected chi connectivity index (χ4v) is 4.95. The first-order valence-corrected chi connectivity index (χ1v) is 9.62. The zero-order valence-corrected chi connectivity index (χ0v) is 15.5. The van der Waals surface area contributed by atoms with Crippen molar-refractivity contribution in [3.63, 3.8) is 0 Å². The van der Waals surface area contributed by atoms with Crippen molar-refractivity contribution >= 4 is 5.65 Å². The third-order valence-electron chi connectivity index (χ3n) is 6.37. The number of aromatic amines is 1. The van der Waals surface area contributed by atoms with Crippen LogP contribution < -0.4 is 5.56 Å². The predicted octanol–water partition coefficient (Wildman–Crippen LogP) is 1.78. The Bertz CT molecular complexity index is 1060. The number of aliphatic hydroxyl groups excluding tert-OH is 1. The van der Waals surface area contributed by atoms with Gasteiger partial charge in [0.05, 0.1) is 11.8 Å². The van der Waals surface area contributed by atoms with Crippen LogP contribution in [0.5, 0.6) is 0 Å². The Morgan fingerprint density at radius 3 is 2.85 bits per heavy atom. The summed E-state index contributed by atoms with van der Waals surface area (Å²) in [6.07, 6.45) is 2.35. The molecule has 0 unspecified atom stereocenters. The van der Waals surface area contributed by atoms with Crippen molar-refractivity contribution in [3.05, 3.63) is 69.3 Å². The van der Waals surface area contributed by atoms with Gasteiger partial charge in [0.1, 0.15) is 0 Å². The Balaban J connectivity index is 1.35. The van der Waals surface area contributed by atoms with Gasteiger partial charge < -0.3 is 5.11 Å². The summed E-state index contributed by atoms with van der Waals surface area (Å²) in [7, 11) is 0. The number of fused-ring (bicyclic) bond motifs is 3. The van der Waals surface area contributed by atoms with E-state index in [1.54, 1.807) is 6.07 Å². The van der Waals surface area contributed by atoms with E-state index in [0.29, 0.717) is 12.2 Å². The average Bonchev–Trinajstić information content (AvgIpc) is 3.15. The SMILES string of the molecule is Cc1cc2nc(CN3CCC4(CC3)c3ccccc3C[C@@H]4O)cc(=O)n2[nH]1. The lowest BCUT2D eigenvalue weighted by molar-refractivity contribution is 0.0411. The van der Waals surface area contributed by atoms with Crippen LogP contribution in [0.2, 0.25) is 0 Å². The number of H-pyrrole nitrogens is 1. The molecular formula is C21H24N4O2. The molecule has 2 aliphatic rings. The van der Waals surface area contributed by atoms with E-state index in [1.165, 1.54) is 15.6 Å². The topological polar surface area (TPSA) is 73.6 Å². The summed E-state index contributed by atoms with van der Waals surface area (Å²) in [6, 6.07) is 12.0. The lowest BCUT2D eigenvalue weighted by Crippen LogP contribution is -2.47. The Kier molecular flexibility index (Phi) is 3.74. The van der Waals surface area contributed by atoms with Gasteiger partial charge in [0.25, 0.3) is 5.56 Å². The minimum atomic E-state index is -0.293. The fraction of sp³-hybridized carbons (Fsp3) is 0.429. The van der Waals surface area contributed by atoms with Crippen molar-refractivity contribution in [2.45, 2.75) is 44.2 Å². The fourth-order valence-electron chi connectivity index (χ4n) is 4.95. The second kappa shape index (κ2) is 6.04. The van der Waals surface area contributed by atoms with Crippen LogP contribution in [0, 0.1) is 6.92 Å². The number of nitrogens with one attached hydrogen (secondary N) is 1. The van der Waals surface area contributed by atoms with Crippen molar-refractivity contribution in [1.82, 2.24) is 19.5 Å². The standard InChI is InChI=1S/C21H24N4O2/c1-14-10-19-22-16(12-20(27)25(19)23-14)13-24-8-6-21(7-9-24)17-5-3-2-4-15(17)11-18(21)26/h2-5,10,12,18,23,26H,6-9,11,13H2,1H3/t18-/m0/s1. The van der Waals surface area contributed by atoms with Crippen LogP contribution >= 0.6 is 0 Å². The molecule has 1 aliphatic heterocycles. The normalized spacial score (nSPS) is 21.8. The van der Waals surface area contributed by atoms with Gasteiger partial charge in [-0.1, -0.05) is 24.3 Å². The molecule has 1 aliphatic carbocycles. The van der Waals surface area contributed by atoms with Crippen LogP contribution in [0.15, 0.2) is 41.2 Å². The molecule has 0 bridgehead atoms. The van der Waals surface area contributed by atoms with Gasteiger partial charge in [-0.2, -0.15) is 0 Å². The molecule has 6 nitrogen and oxygen atoms in total. The monoisotopic (exact) mass is 364 g/mol. The number of aromatic nitrogens is 3. The van der Waals surface area contributed by atoms with Gasteiger partial charge in [0.15, 0.2) is 5.65 Å². The highest BCUT2D eigenvalue weighted by Crippen LogP contribution is 2.46. The van der Waals surface area contributed by atoms with Crippen molar-refractivity contribution in [2.75, 3.05) is 13.1 Å². The van der Waals surface area contributed by atoms with Gasteiger partial charge in [0, 0.05) is 29.8 Å². The molecule has 6 heteroatoms. The molecule has 0 amide bonds. The van der Waals surface area contributed by atoms with E-state index in [9.17, 15) is 9.90 Å². The van der Waals surface area contributed by atoms with Crippen molar-refractivity contribution in [1.29, 1.82) is 0 Å². The minimum Gasteiger partial charge on any atom is -0.392 e. The number of rotatable bonds is 2. The van der Waals surface area contributed by atoms with Crippen molar-refractivity contribution < 1.29 is 5.11 Å². The summed E-state index contributed by atoms with van der Waals surface area (Å²) in [5, 5.41) is 13.8. The molecule has 5 rings (SSSR count). The molecular weight excluding hydrogens is 340 g/mol. The number of hydrogen-bond acceptors (Lipinski definition) is 4. The lowest BCUT2D eigenvalue weighted by Gasteiger charge is -2.42. The molecule has 2 N–H and O–H groups in total. The van der Waals surface area contributed by atoms with Crippen LogP contribution in [-0.2, 0) is 18.4 Å². The number of benzene rings is 1.